The highest BCUT2D eigenvalue weighted by Gasteiger charge is 2.39. The molecule has 4 nitrogen and oxygen atoms in total. The molecule has 0 aromatic carbocycles. The van der Waals surface area contributed by atoms with E-state index >= 15 is 0 Å². The number of nitrogens with zero attached hydrogens (tertiary/aromatic N) is 2. The molecule has 106 valence electrons. The molecular formula is C10H11Cl2F3N4. The van der Waals surface area contributed by atoms with Crippen molar-refractivity contribution < 1.29 is 13.2 Å². The van der Waals surface area contributed by atoms with Crippen LogP contribution in [0.4, 0.5) is 24.8 Å². The number of alkyl halides is 3. The summed E-state index contributed by atoms with van der Waals surface area (Å²) in [4.78, 5) is 5.10. The average molecular weight is 315 g/mol. The fourth-order valence-electron chi connectivity index (χ4n) is 1.72. The Bertz CT molecular complexity index is 477. The lowest BCUT2D eigenvalue weighted by Gasteiger charge is -2.26. The Kier molecular flexibility index (Phi) is 3.98. The lowest BCUT2D eigenvalue weighted by molar-refractivity contribution is -0.120. The first-order valence-corrected chi connectivity index (χ1v) is 6.23. The van der Waals surface area contributed by atoms with Gasteiger partial charge in [0.1, 0.15) is 6.54 Å². The van der Waals surface area contributed by atoms with Gasteiger partial charge in [-0.1, -0.05) is 23.2 Å². The smallest absolute Gasteiger partial charge is 0.343 e. The number of hydrogen-bond donors (Lipinski definition) is 2. The number of nitrogen functional groups attached to an aromatic ring is 1. The van der Waals surface area contributed by atoms with Crippen LogP contribution >= 0.6 is 23.2 Å². The van der Waals surface area contributed by atoms with E-state index in [0.29, 0.717) is 12.8 Å². The highest BCUT2D eigenvalue weighted by atomic mass is 35.5. The monoisotopic (exact) mass is 314 g/mol. The van der Waals surface area contributed by atoms with E-state index in [4.69, 9.17) is 29.0 Å². The van der Waals surface area contributed by atoms with Crippen molar-refractivity contribution in [3.63, 3.8) is 0 Å². The van der Waals surface area contributed by atoms with Crippen LogP contribution in [0, 0.1) is 0 Å². The molecule has 1 heterocycles. The van der Waals surface area contributed by atoms with Crippen molar-refractivity contribution in [2.24, 2.45) is 5.84 Å². The SMILES string of the molecule is NNc1nc(N(CC(F)(F)F)C2CC2)c(Cl)cc1Cl. The van der Waals surface area contributed by atoms with Gasteiger partial charge in [-0.25, -0.2) is 10.8 Å². The molecule has 3 N–H and O–H groups in total. The van der Waals surface area contributed by atoms with Gasteiger partial charge in [0.05, 0.1) is 10.0 Å². The van der Waals surface area contributed by atoms with Crippen molar-refractivity contribution in [2.75, 3.05) is 16.9 Å². The zero-order valence-electron chi connectivity index (χ0n) is 9.64. The molecule has 1 aliphatic rings. The zero-order chi connectivity index (χ0) is 14.2. The minimum Gasteiger partial charge on any atom is -0.343 e. The third-order valence-corrected chi connectivity index (χ3v) is 3.22. The molecule has 1 aromatic rings. The van der Waals surface area contributed by atoms with Crippen LogP contribution < -0.4 is 16.2 Å². The van der Waals surface area contributed by atoms with E-state index in [9.17, 15) is 13.2 Å². The van der Waals surface area contributed by atoms with Crippen molar-refractivity contribution in [3.8, 4) is 0 Å². The molecule has 0 atom stereocenters. The molecule has 1 aliphatic carbocycles. The fourth-order valence-corrected chi connectivity index (χ4v) is 2.24. The third kappa shape index (κ3) is 3.55. The lowest BCUT2D eigenvalue weighted by atomic mass is 10.3. The Morgan fingerprint density at radius 3 is 2.47 bits per heavy atom. The summed E-state index contributed by atoms with van der Waals surface area (Å²) in [5, 5.41) is 0.221. The Morgan fingerprint density at radius 1 is 1.37 bits per heavy atom. The van der Waals surface area contributed by atoms with Gasteiger partial charge >= 0.3 is 6.18 Å². The number of nitrogens with two attached hydrogens (primary N) is 1. The molecule has 0 spiro atoms. The standard InChI is InChI=1S/C10H11Cl2F3N4/c11-6-3-7(12)9(17-8(6)18-16)19(5-1-2-5)4-10(13,14)15/h3,5H,1-2,4,16H2,(H,17,18). The van der Waals surface area contributed by atoms with Crippen LogP contribution in [-0.4, -0.2) is 23.7 Å². The lowest BCUT2D eigenvalue weighted by Crippen LogP contribution is -2.36. The van der Waals surface area contributed by atoms with Gasteiger partial charge in [0, 0.05) is 6.04 Å². The Hall–Kier alpha value is -0.920. The number of hydrogen-bond acceptors (Lipinski definition) is 4. The first kappa shape index (κ1) is 14.5. The van der Waals surface area contributed by atoms with E-state index in [0.717, 1.165) is 4.90 Å². The van der Waals surface area contributed by atoms with Crippen LogP contribution in [0.3, 0.4) is 0 Å². The number of pyridine rings is 1. The van der Waals surface area contributed by atoms with Crippen LogP contribution in [0.25, 0.3) is 0 Å². The summed E-state index contributed by atoms with van der Waals surface area (Å²) in [7, 11) is 0. The zero-order valence-corrected chi connectivity index (χ0v) is 11.1. The maximum absolute atomic E-state index is 12.6. The summed E-state index contributed by atoms with van der Waals surface area (Å²) in [6, 6.07) is 1.13. The molecule has 0 saturated heterocycles. The summed E-state index contributed by atoms with van der Waals surface area (Å²) < 4.78 is 37.8. The molecule has 1 saturated carbocycles. The second kappa shape index (κ2) is 5.22. The quantitative estimate of drug-likeness (QED) is 0.662. The average Bonchev–Trinajstić information content (AvgIpc) is 3.09. The van der Waals surface area contributed by atoms with Gasteiger partial charge in [0.25, 0.3) is 0 Å². The van der Waals surface area contributed by atoms with Gasteiger partial charge in [-0.15, -0.1) is 0 Å². The van der Waals surface area contributed by atoms with Crippen molar-refractivity contribution in [3.05, 3.63) is 16.1 Å². The Labute approximate surface area is 117 Å². The number of nitrogens with one attached hydrogen (secondary N) is 1. The molecule has 2 rings (SSSR count). The third-order valence-electron chi connectivity index (χ3n) is 2.66. The van der Waals surface area contributed by atoms with Crippen LogP contribution in [-0.2, 0) is 0 Å². The number of aromatic nitrogens is 1. The molecule has 9 heteroatoms. The van der Waals surface area contributed by atoms with Gasteiger partial charge < -0.3 is 10.3 Å². The van der Waals surface area contributed by atoms with E-state index in [1.807, 2.05) is 0 Å². The Balaban J connectivity index is 2.36. The van der Waals surface area contributed by atoms with Gasteiger partial charge in [-0.3, -0.25) is 0 Å². The van der Waals surface area contributed by atoms with Crippen molar-refractivity contribution in [1.29, 1.82) is 0 Å². The van der Waals surface area contributed by atoms with Gasteiger partial charge in [-0.05, 0) is 18.9 Å². The fraction of sp³-hybridized carbons (Fsp3) is 0.500. The van der Waals surface area contributed by atoms with Gasteiger partial charge in [-0.2, -0.15) is 13.2 Å². The summed E-state index contributed by atoms with van der Waals surface area (Å²) in [6.07, 6.45) is -2.96. The second-order valence-electron chi connectivity index (χ2n) is 4.24. The number of anilines is 2. The maximum atomic E-state index is 12.6. The van der Waals surface area contributed by atoms with Crippen LogP contribution in [0.2, 0.25) is 10.0 Å². The van der Waals surface area contributed by atoms with Crippen molar-refractivity contribution in [2.45, 2.75) is 25.1 Å². The van der Waals surface area contributed by atoms with Crippen molar-refractivity contribution in [1.82, 2.24) is 4.98 Å². The van der Waals surface area contributed by atoms with Crippen LogP contribution in [0.15, 0.2) is 6.07 Å². The Morgan fingerprint density at radius 2 is 2.00 bits per heavy atom. The van der Waals surface area contributed by atoms with Gasteiger partial charge in [0.2, 0.25) is 0 Å². The maximum Gasteiger partial charge on any atom is 0.405 e. The number of rotatable bonds is 4. The summed E-state index contributed by atoms with van der Waals surface area (Å²) in [6.45, 7) is -1.10. The topological polar surface area (TPSA) is 54.2 Å². The molecule has 0 radical (unpaired) electrons. The van der Waals surface area contributed by atoms with E-state index in [1.54, 1.807) is 0 Å². The van der Waals surface area contributed by atoms with Crippen LogP contribution in [0.5, 0.6) is 0 Å². The molecule has 0 aliphatic heterocycles. The molecule has 19 heavy (non-hydrogen) atoms. The molecule has 0 unspecified atom stereocenters. The normalized spacial score (nSPS) is 15.5. The number of hydrazine groups is 1. The molecule has 1 aromatic heterocycles. The summed E-state index contributed by atoms with van der Waals surface area (Å²) >= 11 is 11.7. The summed E-state index contributed by atoms with van der Waals surface area (Å²) in [5.41, 5.74) is 2.23. The second-order valence-corrected chi connectivity index (χ2v) is 5.06. The van der Waals surface area contributed by atoms with E-state index in [1.165, 1.54) is 6.07 Å². The highest BCUT2D eigenvalue weighted by Crippen LogP contribution is 2.38. The van der Waals surface area contributed by atoms with Crippen LogP contribution in [0.1, 0.15) is 12.8 Å². The predicted octanol–water partition coefficient (Wildman–Crippen LogP) is 3.21. The van der Waals surface area contributed by atoms with Gasteiger partial charge in [0.15, 0.2) is 11.6 Å². The van der Waals surface area contributed by atoms with Crippen molar-refractivity contribution >= 4 is 34.8 Å². The van der Waals surface area contributed by atoms with E-state index < -0.39 is 12.7 Å². The highest BCUT2D eigenvalue weighted by molar-refractivity contribution is 6.37. The van der Waals surface area contributed by atoms with E-state index in [-0.39, 0.29) is 27.7 Å². The first-order valence-electron chi connectivity index (χ1n) is 5.48. The molecular weight excluding hydrogens is 304 g/mol. The first-order chi connectivity index (χ1) is 8.81. The minimum atomic E-state index is -4.33. The molecule has 1 fully saturated rings. The predicted molar refractivity (Wildman–Crippen MR) is 68.5 cm³/mol. The minimum absolute atomic E-state index is 0.0406. The summed E-state index contributed by atoms with van der Waals surface area (Å²) in [5.74, 6) is 5.34. The molecule has 0 bridgehead atoms. The van der Waals surface area contributed by atoms with E-state index in [2.05, 4.69) is 10.4 Å². The molecule has 0 amide bonds. The number of halogens is 5. The largest absolute Gasteiger partial charge is 0.405 e.